The van der Waals surface area contributed by atoms with Gasteiger partial charge in [-0.25, -0.2) is 0 Å². The van der Waals surface area contributed by atoms with Crippen LogP contribution in [0.2, 0.25) is 0 Å². The smallest absolute Gasteiger partial charge is 0.0964 e. The van der Waals surface area contributed by atoms with Crippen LogP contribution in [-0.4, -0.2) is 21.5 Å². The van der Waals surface area contributed by atoms with Crippen LogP contribution >= 0.6 is 0 Å². The van der Waals surface area contributed by atoms with Gasteiger partial charge in [-0.05, 0) is 17.5 Å². The van der Waals surface area contributed by atoms with Gasteiger partial charge in [0.1, 0.15) is 0 Å². The maximum atomic E-state index is 4.05. The first-order valence-corrected chi connectivity index (χ1v) is 5.96. The molecule has 0 aliphatic heterocycles. The molecule has 0 spiro atoms. The van der Waals surface area contributed by atoms with Gasteiger partial charge in [0.25, 0.3) is 0 Å². The minimum atomic E-state index is 0.669. The van der Waals surface area contributed by atoms with Crippen molar-refractivity contribution < 1.29 is 0 Å². The molecule has 0 bridgehead atoms. The fraction of sp³-hybridized carbons (Fsp3) is 0.385. The Morgan fingerprint density at radius 2 is 2.29 bits per heavy atom. The Morgan fingerprint density at radius 3 is 3.06 bits per heavy atom. The summed E-state index contributed by atoms with van der Waals surface area (Å²) in [6, 6.07) is 8.68. The maximum absolute atomic E-state index is 4.05. The Balaban J connectivity index is 1.51. The topological polar surface area (TPSA) is 42.7 Å². The van der Waals surface area contributed by atoms with E-state index >= 15 is 0 Å². The molecule has 88 valence electrons. The molecule has 0 amide bonds. The number of hydrogen-bond acceptors (Lipinski definition) is 3. The largest absolute Gasteiger partial charge is 0.310 e. The second-order valence-electron chi connectivity index (χ2n) is 4.61. The molecule has 1 aliphatic rings. The van der Waals surface area contributed by atoms with E-state index < -0.39 is 0 Å². The van der Waals surface area contributed by atoms with Gasteiger partial charge in [-0.1, -0.05) is 29.5 Å². The third-order valence-corrected chi connectivity index (χ3v) is 3.31. The van der Waals surface area contributed by atoms with Crippen molar-refractivity contribution in [3.8, 4) is 0 Å². The van der Waals surface area contributed by atoms with E-state index in [4.69, 9.17) is 0 Å². The number of fused-ring (bicyclic) bond motifs is 1. The first-order chi connectivity index (χ1) is 8.33. The van der Waals surface area contributed by atoms with Gasteiger partial charge in [-0.15, -0.1) is 5.10 Å². The van der Waals surface area contributed by atoms with E-state index in [1.807, 2.05) is 13.2 Å². The van der Waals surface area contributed by atoms with Crippen LogP contribution < -0.4 is 5.32 Å². The summed E-state index contributed by atoms with van der Waals surface area (Å²) in [5, 5.41) is 11.4. The fourth-order valence-electron chi connectivity index (χ4n) is 2.40. The molecule has 1 atom stereocenters. The number of aryl methyl sites for hydroxylation is 1. The minimum absolute atomic E-state index is 0.669. The highest BCUT2D eigenvalue weighted by Gasteiger charge is 2.24. The standard InChI is InChI=1S/C13H16N4/c1-17-9-12(15-16-17)8-14-7-11-6-10-4-2-3-5-13(10)11/h2-5,9,11,14H,6-8H2,1H3. The second-order valence-corrected chi connectivity index (χ2v) is 4.61. The maximum Gasteiger partial charge on any atom is 0.0964 e. The summed E-state index contributed by atoms with van der Waals surface area (Å²) in [5.41, 5.74) is 4.00. The highest BCUT2D eigenvalue weighted by molar-refractivity contribution is 5.40. The SMILES string of the molecule is Cn1cc(CNCC2Cc3ccccc32)nn1. The molecule has 4 nitrogen and oxygen atoms in total. The van der Waals surface area contributed by atoms with Crippen molar-refractivity contribution in [2.75, 3.05) is 6.54 Å². The summed E-state index contributed by atoms with van der Waals surface area (Å²) in [4.78, 5) is 0. The zero-order valence-corrected chi connectivity index (χ0v) is 9.93. The molecule has 0 fully saturated rings. The molecule has 1 unspecified atom stereocenters. The van der Waals surface area contributed by atoms with E-state index in [0.29, 0.717) is 5.92 Å². The zero-order chi connectivity index (χ0) is 11.7. The number of aromatic nitrogens is 3. The van der Waals surface area contributed by atoms with Gasteiger partial charge in [0.2, 0.25) is 0 Å². The summed E-state index contributed by atoms with van der Waals surface area (Å²) < 4.78 is 1.73. The van der Waals surface area contributed by atoms with Gasteiger partial charge < -0.3 is 5.32 Å². The van der Waals surface area contributed by atoms with E-state index in [0.717, 1.165) is 18.8 Å². The monoisotopic (exact) mass is 228 g/mol. The molecule has 2 aromatic rings. The molecule has 1 heterocycles. The molecule has 1 aliphatic carbocycles. The first kappa shape index (κ1) is 10.5. The van der Waals surface area contributed by atoms with Crippen LogP contribution in [0.3, 0.4) is 0 Å². The lowest BCUT2D eigenvalue weighted by Gasteiger charge is -2.30. The van der Waals surface area contributed by atoms with Gasteiger partial charge in [0.15, 0.2) is 0 Å². The molecule has 1 aromatic heterocycles. The number of nitrogens with zero attached hydrogens (tertiary/aromatic N) is 3. The van der Waals surface area contributed by atoms with Crippen molar-refractivity contribution >= 4 is 0 Å². The van der Waals surface area contributed by atoms with E-state index in [2.05, 4.69) is 39.9 Å². The van der Waals surface area contributed by atoms with Gasteiger partial charge >= 0.3 is 0 Å². The van der Waals surface area contributed by atoms with Gasteiger partial charge in [0.05, 0.1) is 5.69 Å². The van der Waals surface area contributed by atoms with Crippen LogP contribution in [0.4, 0.5) is 0 Å². The van der Waals surface area contributed by atoms with Crippen LogP contribution in [-0.2, 0) is 20.0 Å². The molecule has 0 radical (unpaired) electrons. The lowest BCUT2D eigenvalue weighted by molar-refractivity contribution is 0.532. The summed E-state index contributed by atoms with van der Waals surface area (Å²) in [6.45, 7) is 1.82. The zero-order valence-electron chi connectivity index (χ0n) is 9.93. The third kappa shape index (κ3) is 2.08. The molecule has 3 rings (SSSR count). The fourth-order valence-corrected chi connectivity index (χ4v) is 2.40. The molecule has 1 N–H and O–H groups in total. The lowest BCUT2D eigenvalue weighted by atomic mass is 9.77. The van der Waals surface area contributed by atoms with Crippen LogP contribution in [0.5, 0.6) is 0 Å². The molecule has 0 saturated carbocycles. The van der Waals surface area contributed by atoms with E-state index in [1.165, 1.54) is 17.5 Å². The number of rotatable bonds is 4. The molecule has 1 aromatic carbocycles. The summed E-state index contributed by atoms with van der Waals surface area (Å²) >= 11 is 0. The van der Waals surface area contributed by atoms with Gasteiger partial charge in [-0.3, -0.25) is 4.68 Å². The Morgan fingerprint density at radius 1 is 1.41 bits per heavy atom. The Hall–Kier alpha value is -1.68. The van der Waals surface area contributed by atoms with E-state index in [-0.39, 0.29) is 0 Å². The van der Waals surface area contributed by atoms with Crippen molar-refractivity contribution in [2.45, 2.75) is 18.9 Å². The van der Waals surface area contributed by atoms with Crippen LogP contribution in [0.15, 0.2) is 30.5 Å². The molecule has 4 heteroatoms. The summed E-state index contributed by atoms with van der Waals surface area (Å²) in [7, 11) is 1.89. The van der Waals surface area contributed by atoms with Crippen molar-refractivity contribution in [1.29, 1.82) is 0 Å². The molecular weight excluding hydrogens is 212 g/mol. The molecular formula is C13H16N4. The second kappa shape index (κ2) is 4.30. The normalized spacial score (nSPS) is 17.6. The van der Waals surface area contributed by atoms with Crippen molar-refractivity contribution in [2.24, 2.45) is 7.05 Å². The van der Waals surface area contributed by atoms with Crippen molar-refractivity contribution in [3.05, 3.63) is 47.3 Å². The number of nitrogens with one attached hydrogen (secondary N) is 1. The van der Waals surface area contributed by atoms with Crippen LogP contribution in [0.25, 0.3) is 0 Å². The Bertz CT molecular complexity index is 518. The first-order valence-electron chi connectivity index (χ1n) is 5.96. The van der Waals surface area contributed by atoms with Crippen LogP contribution in [0, 0.1) is 0 Å². The van der Waals surface area contributed by atoms with Gasteiger partial charge in [-0.2, -0.15) is 0 Å². The van der Waals surface area contributed by atoms with Crippen LogP contribution in [0.1, 0.15) is 22.7 Å². The third-order valence-electron chi connectivity index (χ3n) is 3.31. The highest BCUT2D eigenvalue weighted by Crippen LogP contribution is 2.33. The summed E-state index contributed by atoms with van der Waals surface area (Å²) in [6.07, 6.45) is 3.14. The molecule has 17 heavy (non-hydrogen) atoms. The van der Waals surface area contributed by atoms with Gasteiger partial charge in [0, 0.05) is 32.3 Å². The van der Waals surface area contributed by atoms with Crippen molar-refractivity contribution in [3.63, 3.8) is 0 Å². The average molecular weight is 228 g/mol. The predicted molar refractivity (Wildman–Crippen MR) is 65.6 cm³/mol. The van der Waals surface area contributed by atoms with Crippen molar-refractivity contribution in [1.82, 2.24) is 20.3 Å². The molecule has 0 saturated heterocycles. The quantitative estimate of drug-likeness (QED) is 0.856. The number of hydrogen-bond donors (Lipinski definition) is 1. The lowest BCUT2D eigenvalue weighted by Crippen LogP contribution is -2.28. The highest BCUT2D eigenvalue weighted by atomic mass is 15.4. The average Bonchev–Trinajstić information content (AvgIpc) is 2.71. The minimum Gasteiger partial charge on any atom is -0.310 e. The predicted octanol–water partition coefficient (Wildman–Crippen LogP) is 1.24. The Labute approximate surface area is 101 Å². The summed E-state index contributed by atoms with van der Waals surface area (Å²) in [5.74, 6) is 0.669. The number of benzene rings is 1. The van der Waals surface area contributed by atoms with E-state index in [9.17, 15) is 0 Å². The Kier molecular flexibility index (Phi) is 2.65. The van der Waals surface area contributed by atoms with E-state index in [1.54, 1.807) is 4.68 Å².